The van der Waals surface area contributed by atoms with Gasteiger partial charge in [0, 0.05) is 11.8 Å². The Morgan fingerprint density at radius 3 is 2.59 bits per heavy atom. The van der Waals surface area contributed by atoms with Crippen molar-refractivity contribution in [2.45, 2.75) is 4.83 Å². The zero-order valence-corrected chi connectivity index (χ0v) is 10.6. The van der Waals surface area contributed by atoms with E-state index in [1.165, 1.54) is 0 Å². The van der Waals surface area contributed by atoms with Gasteiger partial charge in [-0.25, -0.2) is 4.98 Å². The second-order valence-electron chi connectivity index (χ2n) is 3.61. The third kappa shape index (κ3) is 2.71. The fourth-order valence-corrected chi connectivity index (χ4v) is 2.07. The van der Waals surface area contributed by atoms with Crippen molar-refractivity contribution >= 4 is 27.5 Å². The Bertz CT molecular complexity index is 528. The van der Waals surface area contributed by atoms with E-state index in [0.717, 1.165) is 5.56 Å². The summed E-state index contributed by atoms with van der Waals surface area (Å²) in [4.78, 5) is 15.7. The molecule has 4 heteroatoms. The topological polar surface area (TPSA) is 56.0 Å². The van der Waals surface area contributed by atoms with Crippen molar-refractivity contribution in [2.75, 3.05) is 5.73 Å². The predicted molar refractivity (Wildman–Crippen MR) is 71.1 cm³/mol. The summed E-state index contributed by atoms with van der Waals surface area (Å²) in [7, 11) is 0. The molecule has 2 N–H and O–H groups in total. The highest BCUT2D eigenvalue weighted by atomic mass is 79.9. The maximum atomic E-state index is 12.1. The van der Waals surface area contributed by atoms with Crippen molar-refractivity contribution in [1.82, 2.24) is 4.98 Å². The van der Waals surface area contributed by atoms with Crippen molar-refractivity contribution in [2.24, 2.45) is 0 Å². The number of alkyl halides is 1. The van der Waals surface area contributed by atoms with Crippen LogP contribution in [0.2, 0.25) is 0 Å². The maximum Gasteiger partial charge on any atom is 0.180 e. The van der Waals surface area contributed by atoms with E-state index in [1.54, 1.807) is 30.5 Å². The molecule has 1 heterocycles. The van der Waals surface area contributed by atoms with Gasteiger partial charge < -0.3 is 5.73 Å². The molecule has 0 radical (unpaired) electrons. The van der Waals surface area contributed by atoms with Crippen molar-refractivity contribution in [3.63, 3.8) is 0 Å². The number of ketones is 1. The number of anilines is 1. The molecule has 0 aliphatic rings. The third-order valence-electron chi connectivity index (χ3n) is 2.39. The quantitative estimate of drug-likeness (QED) is 0.698. The Hall–Kier alpha value is -1.68. The second-order valence-corrected chi connectivity index (χ2v) is 4.52. The van der Waals surface area contributed by atoms with E-state index in [9.17, 15) is 4.79 Å². The first-order valence-electron chi connectivity index (χ1n) is 5.13. The normalized spacial score (nSPS) is 12.1. The van der Waals surface area contributed by atoms with Crippen LogP contribution in [0.1, 0.15) is 20.7 Å². The Balaban J connectivity index is 2.27. The summed E-state index contributed by atoms with van der Waals surface area (Å²) in [5, 5.41) is 0. The van der Waals surface area contributed by atoms with Crippen LogP contribution >= 0.6 is 15.9 Å². The maximum absolute atomic E-state index is 12.1. The van der Waals surface area contributed by atoms with E-state index >= 15 is 0 Å². The van der Waals surface area contributed by atoms with E-state index in [4.69, 9.17) is 5.73 Å². The van der Waals surface area contributed by atoms with Gasteiger partial charge in [-0.05, 0) is 17.7 Å². The van der Waals surface area contributed by atoms with Crippen LogP contribution in [0, 0.1) is 0 Å². The molecule has 0 aliphatic carbocycles. The van der Waals surface area contributed by atoms with Gasteiger partial charge in [-0.3, -0.25) is 4.79 Å². The number of pyridine rings is 1. The number of rotatable bonds is 3. The molecule has 2 aromatic rings. The highest BCUT2D eigenvalue weighted by Gasteiger charge is 2.18. The molecule has 2 rings (SSSR count). The SMILES string of the molecule is Nc1cc([C@H](Br)C(=O)c2ccccc2)ccn1. The van der Waals surface area contributed by atoms with Crippen LogP contribution < -0.4 is 5.73 Å². The lowest BCUT2D eigenvalue weighted by molar-refractivity contribution is 0.0991. The van der Waals surface area contributed by atoms with Gasteiger partial charge in [0.15, 0.2) is 5.78 Å². The number of nitrogens with two attached hydrogens (primary N) is 1. The first-order valence-corrected chi connectivity index (χ1v) is 6.05. The van der Waals surface area contributed by atoms with Gasteiger partial charge in [0.1, 0.15) is 10.6 Å². The summed E-state index contributed by atoms with van der Waals surface area (Å²) in [6, 6.07) is 12.6. The zero-order valence-electron chi connectivity index (χ0n) is 9.01. The van der Waals surface area contributed by atoms with E-state index in [2.05, 4.69) is 20.9 Å². The molecule has 17 heavy (non-hydrogen) atoms. The van der Waals surface area contributed by atoms with Crippen LogP contribution in [0.4, 0.5) is 5.82 Å². The number of hydrogen-bond acceptors (Lipinski definition) is 3. The fourth-order valence-electron chi connectivity index (χ4n) is 1.52. The lowest BCUT2D eigenvalue weighted by Crippen LogP contribution is -2.07. The van der Waals surface area contributed by atoms with Gasteiger partial charge in [0.2, 0.25) is 0 Å². The summed E-state index contributed by atoms with van der Waals surface area (Å²) in [5.74, 6) is 0.420. The average Bonchev–Trinajstić information content (AvgIpc) is 2.38. The molecule has 0 bridgehead atoms. The molecule has 0 fully saturated rings. The Morgan fingerprint density at radius 1 is 1.24 bits per heavy atom. The summed E-state index contributed by atoms with van der Waals surface area (Å²) in [6.07, 6.45) is 1.59. The number of aromatic nitrogens is 1. The van der Waals surface area contributed by atoms with Gasteiger partial charge in [-0.1, -0.05) is 46.3 Å². The van der Waals surface area contributed by atoms with Crippen LogP contribution in [0.25, 0.3) is 0 Å². The minimum atomic E-state index is -0.393. The van der Waals surface area contributed by atoms with Gasteiger partial charge in [-0.2, -0.15) is 0 Å². The summed E-state index contributed by atoms with van der Waals surface area (Å²) in [6.45, 7) is 0. The molecule has 86 valence electrons. The van der Waals surface area contributed by atoms with Crippen LogP contribution in [-0.2, 0) is 0 Å². The summed E-state index contributed by atoms with van der Waals surface area (Å²) in [5.41, 5.74) is 7.07. The highest BCUT2D eigenvalue weighted by molar-refractivity contribution is 9.09. The van der Waals surface area contributed by atoms with Gasteiger partial charge in [0.25, 0.3) is 0 Å². The van der Waals surface area contributed by atoms with Crippen molar-refractivity contribution < 1.29 is 4.79 Å². The molecule has 1 atom stereocenters. The summed E-state index contributed by atoms with van der Waals surface area (Å²) >= 11 is 3.39. The molecule has 0 spiro atoms. The van der Waals surface area contributed by atoms with Gasteiger partial charge in [-0.15, -0.1) is 0 Å². The van der Waals surface area contributed by atoms with Gasteiger partial charge >= 0.3 is 0 Å². The molecular weight excluding hydrogens is 280 g/mol. The number of carbonyl (C=O) groups excluding carboxylic acids is 1. The van der Waals surface area contributed by atoms with Crippen molar-refractivity contribution in [3.05, 3.63) is 59.8 Å². The number of hydrogen-bond donors (Lipinski definition) is 1. The number of carbonyl (C=O) groups is 1. The van der Waals surface area contributed by atoms with Crippen LogP contribution in [-0.4, -0.2) is 10.8 Å². The van der Waals surface area contributed by atoms with Crippen LogP contribution in [0.15, 0.2) is 48.7 Å². The molecule has 0 saturated heterocycles. The monoisotopic (exact) mass is 290 g/mol. The Morgan fingerprint density at radius 2 is 1.94 bits per heavy atom. The number of nitrogens with zero attached hydrogens (tertiary/aromatic N) is 1. The van der Waals surface area contributed by atoms with Gasteiger partial charge in [0.05, 0.1) is 0 Å². The zero-order chi connectivity index (χ0) is 12.3. The van der Waals surface area contributed by atoms with Crippen molar-refractivity contribution in [3.8, 4) is 0 Å². The third-order valence-corrected chi connectivity index (χ3v) is 3.33. The Labute approximate surface area is 108 Å². The number of Topliss-reactive ketones (excluding diaryl/α,β-unsaturated/α-hetero) is 1. The molecule has 0 unspecified atom stereocenters. The van der Waals surface area contributed by atoms with E-state index in [0.29, 0.717) is 11.4 Å². The molecular formula is C13H11BrN2O. The molecule has 1 aromatic heterocycles. The first-order chi connectivity index (χ1) is 8.18. The minimum Gasteiger partial charge on any atom is -0.384 e. The number of benzene rings is 1. The highest BCUT2D eigenvalue weighted by Crippen LogP contribution is 2.27. The largest absolute Gasteiger partial charge is 0.384 e. The lowest BCUT2D eigenvalue weighted by atomic mass is 10.0. The van der Waals surface area contributed by atoms with Crippen LogP contribution in [0.3, 0.4) is 0 Å². The fraction of sp³-hybridized carbons (Fsp3) is 0.0769. The number of halogens is 1. The van der Waals surface area contributed by atoms with Crippen LogP contribution in [0.5, 0.6) is 0 Å². The molecule has 0 aliphatic heterocycles. The van der Waals surface area contributed by atoms with Crippen molar-refractivity contribution in [1.29, 1.82) is 0 Å². The lowest BCUT2D eigenvalue weighted by Gasteiger charge is -2.09. The second kappa shape index (κ2) is 5.10. The first kappa shape index (κ1) is 11.8. The summed E-state index contributed by atoms with van der Waals surface area (Å²) < 4.78 is 0. The predicted octanol–water partition coefficient (Wildman–Crippen LogP) is 2.98. The average molecular weight is 291 g/mol. The standard InChI is InChI=1S/C13H11BrN2O/c14-12(10-6-7-16-11(15)8-10)13(17)9-4-2-1-3-5-9/h1-8,12H,(H2,15,16)/t12-/m0/s1. The van der Waals surface area contributed by atoms with E-state index in [1.807, 2.05) is 18.2 Å². The molecule has 0 amide bonds. The smallest absolute Gasteiger partial charge is 0.180 e. The molecule has 0 saturated carbocycles. The number of nitrogen functional groups attached to an aromatic ring is 1. The van der Waals surface area contributed by atoms with E-state index < -0.39 is 4.83 Å². The molecule has 1 aromatic carbocycles. The Kier molecular flexibility index (Phi) is 3.54. The molecule has 3 nitrogen and oxygen atoms in total. The minimum absolute atomic E-state index is 0.0104. The van der Waals surface area contributed by atoms with E-state index in [-0.39, 0.29) is 5.78 Å².